The number of nitrogens with one attached hydrogen (secondary N) is 1. The van der Waals surface area contributed by atoms with Gasteiger partial charge in [-0.25, -0.2) is 4.98 Å². The topological polar surface area (TPSA) is 37.9 Å². The zero-order valence-corrected chi connectivity index (χ0v) is 6.35. The fourth-order valence-electron chi connectivity index (χ4n) is 0.811. The molecule has 0 bridgehead atoms. The maximum Gasteiger partial charge on any atom is 0.103 e. The minimum atomic E-state index is 0.752. The lowest BCUT2D eigenvalue weighted by atomic mass is 10.3. The number of imidazole rings is 1. The Bertz CT molecular complexity index is 195. The van der Waals surface area contributed by atoms with Crippen molar-refractivity contribution < 1.29 is 4.74 Å². The van der Waals surface area contributed by atoms with E-state index >= 15 is 0 Å². The monoisotopic (exact) mass is 140 g/mol. The molecule has 1 N–H and O–H groups in total. The number of H-pyrrole nitrogens is 1. The van der Waals surface area contributed by atoms with Crippen molar-refractivity contribution >= 4 is 0 Å². The number of methoxy groups -OCH3 is 1. The molecule has 3 nitrogen and oxygen atoms in total. The molecule has 1 aromatic heterocycles. The summed E-state index contributed by atoms with van der Waals surface area (Å²) in [4.78, 5) is 7.18. The maximum atomic E-state index is 4.91. The predicted octanol–water partition coefficient (Wildman–Crippen LogP) is 0.907. The molecule has 0 saturated carbocycles. The first-order valence-corrected chi connectivity index (χ1v) is 3.32. The quantitative estimate of drug-likeness (QED) is 0.677. The van der Waals surface area contributed by atoms with Gasteiger partial charge in [0.15, 0.2) is 0 Å². The Morgan fingerprint density at radius 2 is 2.50 bits per heavy atom. The van der Waals surface area contributed by atoms with Crippen LogP contribution in [-0.2, 0) is 11.2 Å². The first kappa shape index (κ1) is 7.28. The number of hydrogen-bond donors (Lipinski definition) is 1. The van der Waals surface area contributed by atoms with Crippen LogP contribution in [0.2, 0.25) is 0 Å². The molecular weight excluding hydrogens is 128 g/mol. The molecule has 0 spiro atoms. The molecule has 0 amide bonds. The zero-order valence-electron chi connectivity index (χ0n) is 6.35. The van der Waals surface area contributed by atoms with Gasteiger partial charge in [0, 0.05) is 25.4 Å². The van der Waals surface area contributed by atoms with Crippen LogP contribution in [0.5, 0.6) is 0 Å². The van der Waals surface area contributed by atoms with Crippen LogP contribution >= 0.6 is 0 Å². The SMILES string of the molecule is COCCc1cnc(C)[nH]1. The summed E-state index contributed by atoms with van der Waals surface area (Å²) in [6, 6.07) is 0. The number of aryl methyl sites for hydroxylation is 1. The Labute approximate surface area is 60.4 Å². The molecule has 0 unspecified atom stereocenters. The molecule has 0 aliphatic carbocycles. The number of nitrogens with zero attached hydrogens (tertiary/aromatic N) is 1. The van der Waals surface area contributed by atoms with Gasteiger partial charge in [-0.2, -0.15) is 0 Å². The van der Waals surface area contributed by atoms with Gasteiger partial charge in [-0.3, -0.25) is 0 Å². The van der Waals surface area contributed by atoms with E-state index in [0.29, 0.717) is 0 Å². The minimum Gasteiger partial charge on any atom is -0.384 e. The average Bonchev–Trinajstić information content (AvgIpc) is 2.31. The van der Waals surface area contributed by atoms with Crippen molar-refractivity contribution in [3.63, 3.8) is 0 Å². The van der Waals surface area contributed by atoms with E-state index in [2.05, 4.69) is 9.97 Å². The van der Waals surface area contributed by atoms with Crippen molar-refractivity contribution in [1.29, 1.82) is 0 Å². The van der Waals surface area contributed by atoms with Crippen molar-refractivity contribution in [1.82, 2.24) is 9.97 Å². The van der Waals surface area contributed by atoms with Crippen molar-refractivity contribution in [2.24, 2.45) is 0 Å². The molecule has 0 fully saturated rings. The highest BCUT2D eigenvalue weighted by Crippen LogP contribution is 1.95. The van der Waals surface area contributed by atoms with E-state index in [9.17, 15) is 0 Å². The Kier molecular flexibility index (Phi) is 2.45. The van der Waals surface area contributed by atoms with Gasteiger partial charge in [0.2, 0.25) is 0 Å². The number of hydrogen-bond acceptors (Lipinski definition) is 2. The molecule has 1 heterocycles. The highest BCUT2D eigenvalue weighted by Gasteiger charge is 1.94. The number of aromatic nitrogens is 2. The lowest BCUT2D eigenvalue weighted by Gasteiger charge is -1.93. The molecule has 0 aliphatic heterocycles. The zero-order chi connectivity index (χ0) is 7.40. The Morgan fingerprint density at radius 3 is 3.00 bits per heavy atom. The summed E-state index contributed by atoms with van der Waals surface area (Å²) in [7, 11) is 1.70. The molecule has 0 aliphatic rings. The Balaban J connectivity index is 2.42. The molecule has 0 radical (unpaired) electrons. The molecule has 0 atom stereocenters. The van der Waals surface area contributed by atoms with Crippen LogP contribution in [0.25, 0.3) is 0 Å². The van der Waals surface area contributed by atoms with Gasteiger partial charge in [-0.15, -0.1) is 0 Å². The highest BCUT2D eigenvalue weighted by atomic mass is 16.5. The van der Waals surface area contributed by atoms with Crippen molar-refractivity contribution in [3.05, 3.63) is 17.7 Å². The van der Waals surface area contributed by atoms with E-state index in [4.69, 9.17) is 4.74 Å². The van der Waals surface area contributed by atoms with E-state index in [1.54, 1.807) is 7.11 Å². The van der Waals surface area contributed by atoms with Gasteiger partial charge >= 0.3 is 0 Å². The molecule has 10 heavy (non-hydrogen) atoms. The smallest absolute Gasteiger partial charge is 0.103 e. The summed E-state index contributed by atoms with van der Waals surface area (Å²) in [5.41, 5.74) is 1.14. The van der Waals surface area contributed by atoms with Crippen LogP contribution in [0.1, 0.15) is 11.5 Å². The second kappa shape index (κ2) is 3.37. The number of ether oxygens (including phenoxy) is 1. The van der Waals surface area contributed by atoms with Crippen molar-refractivity contribution in [2.75, 3.05) is 13.7 Å². The van der Waals surface area contributed by atoms with E-state index in [1.807, 2.05) is 13.1 Å². The van der Waals surface area contributed by atoms with Gasteiger partial charge in [-0.1, -0.05) is 0 Å². The van der Waals surface area contributed by atoms with Crippen LogP contribution in [0.4, 0.5) is 0 Å². The van der Waals surface area contributed by atoms with Gasteiger partial charge in [-0.05, 0) is 6.92 Å². The standard InChI is InChI=1S/C7H12N2O/c1-6-8-5-7(9-6)3-4-10-2/h5H,3-4H2,1-2H3,(H,8,9). The second-order valence-corrected chi connectivity index (χ2v) is 2.24. The average molecular weight is 140 g/mol. The Morgan fingerprint density at radius 1 is 1.70 bits per heavy atom. The lowest BCUT2D eigenvalue weighted by molar-refractivity contribution is 0.201. The van der Waals surface area contributed by atoms with E-state index in [0.717, 1.165) is 24.5 Å². The summed E-state index contributed by atoms with van der Waals surface area (Å²) in [6.07, 6.45) is 2.76. The summed E-state index contributed by atoms with van der Waals surface area (Å²) < 4.78 is 4.91. The molecule has 56 valence electrons. The van der Waals surface area contributed by atoms with Crippen LogP contribution < -0.4 is 0 Å². The summed E-state index contributed by atoms with van der Waals surface area (Å²) in [5, 5.41) is 0. The maximum absolute atomic E-state index is 4.91. The van der Waals surface area contributed by atoms with Gasteiger partial charge < -0.3 is 9.72 Å². The fraction of sp³-hybridized carbons (Fsp3) is 0.571. The van der Waals surface area contributed by atoms with Crippen molar-refractivity contribution in [2.45, 2.75) is 13.3 Å². The van der Waals surface area contributed by atoms with Crippen LogP contribution in [0.3, 0.4) is 0 Å². The van der Waals surface area contributed by atoms with E-state index in [1.165, 1.54) is 0 Å². The molecule has 1 rings (SSSR count). The van der Waals surface area contributed by atoms with Crippen molar-refractivity contribution in [3.8, 4) is 0 Å². The van der Waals surface area contributed by atoms with Crippen LogP contribution in [0, 0.1) is 6.92 Å². The van der Waals surface area contributed by atoms with Crippen LogP contribution in [0.15, 0.2) is 6.20 Å². The third kappa shape index (κ3) is 1.84. The number of rotatable bonds is 3. The number of aromatic amines is 1. The van der Waals surface area contributed by atoms with Gasteiger partial charge in [0.05, 0.1) is 6.61 Å². The third-order valence-electron chi connectivity index (χ3n) is 1.33. The molecule has 0 aromatic carbocycles. The first-order chi connectivity index (χ1) is 4.83. The van der Waals surface area contributed by atoms with Gasteiger partial charge in [0.25, 0.3) is 0 Å². The first-order valence-electron chi connectivity index (χ1n) is 3.32. The predicted molar refractivity (Wildman–Crippen MR) is 38.9 cm³/mol. The Hall–Kier alpha value is -0.830. The van der Waals surface area contributed by atoms with Gasteiger partial charge in [0.1, 0.15) is 5.82 Å². The molecule has 3 heteroatoms. The third-order valence-corrected chi connectivity index (χ3v) is 1.33. The molecular formula is C7H12N2O. The fourth-order valence-corrected chi connectivity index (χ4v) is 0.811. The lowest BCUT2D eigenvalue weighted by Crippen LogP contribution is -1.93. The molecule has 1 aromatic rings. The van der Waals surface area contributed by atoms with E-state index < -0.39 is 0 Å². The summed E-state index contributed by atoms with van der Waals surface area (Å²) in [5.74, 6) is 0.964. The van der Waals surface area contributed by atoms with E-state index in [-0.39, 0.29) is 0 Å². The highest BCUT2D eigenvalue weighted by molar-refractivity contribution is 4.99. The largest absolute Gasteiger partial charge is 0.384 e. The summed E-state index contributed by atoms with van der Waals surface area (Å²) >= 11 is 0. The molecule has 0 saturated heterocycles. The second-order valence-electron chi connectivity index (χ2n) is 2.24. The van der Waals surface area contributed by atoms with Crippen LogP contribution in [-0.4, -0.2) is 23.7 Å². The summed E-state index contributed by atoms with van der Waals surface area (Å²) in [6.45, 7) is 2.69. The minimum absolute atomic E-state index is 0.752. The normalized spacial score (nSPS) is 10.2.